The first-order valence-corrected chi connectivity index (χ1v) is 9.22. The van der Waals surface area contributed by atoms with Crippen LogP contribution in [0.25, 0.3) is 11.0 Å². The van der Waals surface area contributed by atoms with Crippen molar-refractivity contribution in [3.05, 3.63) is 18.2 Å². The number of nitrogens with zero attached hydrogens (tertiary/aromatic N) is 4. The van der Waals surface area contributed by atoms with E-state index in [0.717, 1.165) is 24.9 Å². The van der Waals surface area contributed by atoms with E-state index in [0.29, 0.717) is 30.2 Å². The molecule has 4 rings (SSSR count). The van der Waals surface area contributed by atoms with Crippen molar-refractivity contribution in [3.8, 4) is 0 Å². The molecule has 26 heavy (non-hydrogen) atoms. The van der Waals surface area contributed by atoms with Crippen LogP contribution in [0.3, 0.4) is 0 Å². The molecular weight excluding hydrogens is 332 g/mol. The number of nitrogens with one attached hydrogen (secondary N) is 2. The lowest BCUT2D eigenvalue weighted by molar-refractivity contribution is -0.129. The second kappa shape index (κ2) is 6.93. The molecule has 1 saturated carbocycles. The SMILES string of the molecule is CN(C[C@@H]1CC(=O)N(C2CCCC2)C1)C(=O)Nc1ccc2n[nH]nc2c1. The number of urea groups is 1. The van der Waals surface area contributed by atoms with Crippen LogP contribution in [0, 0.1) is 5.92 Å². The van der Waals surface area contributed by atoms with E-state index in [2.05, 4.69) is 20.7 Å². The Morgan fingerprint density at radius 2 is 2.08 bits per heavy atom. The minimum Gasteiger partial charge on any atom is -0.339 e. The van der Waals surface area contributed by atoms with E-state index in [1.165, 1.54) is 12.8 Å². The summed E-state index contributed by atoms with van der Waals surface area (Å²) in [6.45, 7) is 1.35. The number of hydrogen-bond donors (Lipinski definition) is 2. The minimum absolute atomic E-state index is 0.181. The summed E-state index contributed by atoms with van der Waals surface area (Å²) in [5.41, 5.74) is 2.14. The third-order valence-corrected chi connectivity index (χ3v) is 5.45. The fourth-order valence-electron chi connectivity index (χ4n) is 4.11. The van der Waals surface area contributed by atoms with E-state index >= 15 is 0 Å². The highest BCUT2D eigenvalue weighted by Gasteiger charge is 2.36. The molecule has 1 aliphatic heterocycles. The maximum Gasteiger partial charge on any atom is 0.321 e. The molecule has 2 fully saturated rings. The number of benzene rings is 1. The van der Waals surface area contributed by atoms with Gasteiger partial charge in [-0.05, 0) is 31.0 Å². The molecule has 1 aromatic carbocycles. The average Bonchev–Trinajstić information content (AvgIpc) is 3.34. The van der Waals surface area contributed by atoms with E-state index in [-0.39, 0.29) is 17.9 Å². The number of likely N-dealkylation sites (tertiary alicyclic amines) is 1. The molecule has 1 saturated heterocycles. The molecule has 0 bridgehead atoms. The van der Waals surface area contributed by atoms with E-state index in [1.807, 2.05) is 11.0 Å². The maximum atomic E-state index is 12.5. The zero-order valence-electron chi connectivity index (χ0n) is 14.9. The fraction of sp³-hybridized carbons (Fsp3) is 0.556. The van der Waals surface area contributed by atoms with Gasteiger partial charge in [-0.3, -0.25) is 4.79 Å². The van der Waals surface area contributed by atoms with Crippen LogP contribution in [0.2, 0.25) is 0 Å². The smallest absolute Gasteiger partial charge is 0.321 e. The topological polar surface area (TPSA) is 94.2 Å². The molecule has 2 aromatic rings. The van der Waals surface area contributed by atoms with Crippen molar-refractivity contribution in [1.29, 1.82) is 0 Å². The molecule has 2 aliphatic rings. The Morgan fingerprint density at radius 1 is 1.31 bits per heavy atom. The Labute approximate surface area is 151 Å². The van der Waals surface area contributed by atoms with Crippen LogP contribution in [0.15, 0.2) is 18.2 Å². The summed E-state index contributed by atoms with van der Waals surface area (Å²) >= 11 is 0. The molecule has 1 atom stereocenters. The average molecular weight is 356 g/mol. The van der Waals surface area contributed by atoms with Crippen LogP contribution in [0.5, 0.6) is 0 Å². The maximum absolute atomic E-state index is 12.5. The van der Waals surface area contributed by atoms with Crippen LogP contribution in [0.4, 0.5) is 10.5 Å². The molecule has 0 unspecified atom stereocenters. The first kappa shape index (κ1) is 16.8. The highest BCUT2D eigenvalue weighted by Crippen LogP contribution is 2.29. The molecule has 8 nitrogen and oxygen atoms in total. The monoisotopic (exact) mass is 356 g/mol. The third-order valence-electron chi connectivity index (χ3n) is 5.45. The van der Waals surface area contributed by atoms with Gasteiger partial charge < -0.3 is 15.1 Å². The number of fused-ring (bicyclic) bond motifs is 1. The molecule has 1 aliphatic carbocycles. The van der Waals surface area contributed by atoms with Crippen LogP contribution < -0.4 is 5.32 Å². The third kappa shape index (κ3) is 3.36. The zero-order chi connectivity index (χ0) is 18.1. The van der Waals surface area contributed by atoms with Crippen LogP contribution in [0.1, 0.15) is 32.1 Å². The van der Waals surface area contributed by atoms with Gasteiger partial charge in [0.2, 0.25) is 5.91 Å². The van der Waals surface area contributed by atoms with Gasteiger partial charge in [-0.2, -0.15) is 15.4 Å². The van der Waals surface area contributed by atoms with Crippen LogP contribution in [-0.4, -0.2) is 63.3 Å². The van der Waals surface area contributed by atoms with Gasteiger partial charge in [-0.25, -0.2) is 4.79 Å². The Kier molecular flexibility index (Phi) is 4.48. The second-order valence-electron chi connectivity index (χ2n) is 7.39. The second-order valence-corrected chi connectivity index (χ2v) is 7.39. The summed E-state index contributed by atoms with van der Waals surface area (Å²) in [6, 6.07) is 5.63. The molecular formula is C18H24N6O2. The first-order chi connectivity index (χ1) is 12.6. The van der Waals surface area contributed by atoms with E-state index in [9.17, 15) is 9.59 Å². The molecule has 138 valence electrons. The van der Waals surface area contributed by atoms with Crippen molar-refractivity contribution in [3.63, 3.8) is 0 Å². The highest BCUT2D eigenvalue weighted by molar-refractivity contribution is 5.91. The van der Waals surface area contributed by atoms with Gasteiger partial charge in [-0.1, -0.05) is 12.8 Å². The summed E-state index contributed by atoms with van der Waals surface area (Å²) in [6.07, 6.45) is 5.23. The number of aromatic amines is 1. The van der Waals surface area contributed by atoms with Gasteiger partial charge in [0, 0.05) is 44.2 Å². The molecule has 1 aromatic heterocycles. The van der Waals surface area contributed by atoms with E-state index in [1.54, 1.807) is 24.1 Å². The summed E-state index contributed by atoms with van der Waals surface area (Å²) in [7, 11) is 1.77. The molecule has 0 spiro atoms. The van der Waals surface area contributed by atoms with Gasteiger partial charge in [0.25, 0.3) is 0 Å². The predicted molar refractivity (Wildman–Crippen MR) is 97.6 cm³/mol. The number of H-pyrrole nitrogens is 1. The Bertz CT molecular complexity index is 813. The summed E-state index contributed by atoms with van der Waals surface area (Å²) in [5, 5.41) is 13.5. The molecule has 8 heteroatoms. The van der Waals surface area contributed by atoms with Gasteiger partial charge in [0.15, 0.2) is 0 Å². The Hall–Kier alpha value is -2.64. The van der Waals surface area contributed by atoms with Crippen LogP contribution in [-0.2, 0) is 4.79 Å². The standard InChI is InChI=1S/C18H24N6O2/c1-23(10-12-8-17(25)24(11-12)14-4-2-3-5-14)18(26)19-13-6-7-15-16(9-13)21-22-20-15/h6-7,9,12,14H,2-5,8,10-11H2,1H3,(H,19,26)(H,20,21,22)/t12-/m0/s1. The number of rotatable bonds is 4. The van der Waals surface area contributed by atoms with Crippen molar-refractivity contribution in [2.75, 3.05) is 25.5 Å². The van der Waals surface area contributed by atoms with Gasteiger partial charge in [-0.15, -0.1) is 0 Å². The van der Waals surface area contributed by atoms with Crippen molar-refractivity contribution < 1.29 is 9.59 Å². The van der Waals surface area contributed by atoms with Crippen molar-refractivity contribution in [2.45, 2.75) is 38.1 Å². The van der Waals surface area contributed by atoms with Crippen LogP contribution >= 0.6 is 0 Å². The number of hydrogen-bond acceptors (Lipinski definition) is 4. The van der Waals surface area contributed by atoms with Crippen molar-refractivity contribution >= 4 is 28.7 Å². The van der Waals surface area contributed by atoms with Gasteiger partial charge in [0.05, 0.1) is 0 Å². The normalized spacial score (nSPS) is 20.9. The van der Waals surface area contributed by atoms with E-state index in [4.69, 9.17) is 0 Å². The van der Waals surface area contributed by atoms with Crippen molar-refractivity contribution in [1.82, 2.24) is 25.2 Å². The number of carbonyl (C=O) groups is 2. The number of aromatic nitrogens is 3. The number of carbonyl (C=O) groups excluding carboxylic acids is 2. The Morgan fingerprint density at radius 3 is 2.88 bits per heavy atom. The quantitative estimate of drug-likeness (QED) is 0.878. The first-order valence-electron chi connectivity index (χ1n) is 9.22. The summed E-state index contributed by atoms with van der Waals surface area (Å²) < 4.78 is 0. The van der Waals surface area contributed by atoms with Gasteiger partial charge in [0.1, 0.15) is 11.0 Å². The zero-order valence-corrected chi connectivity index (χ0v) is 14.9. The Balaban J connectivity index is 1.33. The van der Waals surface area contributed by atoms with Gasteiger partial charge >= 0.3 is 6.03 Å². The molecule has 2 N–H and O–H groups in total. The lowest BCUT2D eigenvalue weighted by Gasteiger charge is -2.25. The largest absolute Gasteiger partial charge is 0.339 e. The van der Waals surface area contributed by atoms with Crippen molar-refractivity contribution in [2.24, 2.45) is 5.92 Å². The molecule has 2 heterocycles. The molecule has 3 amide bonds. The number of amides is 3. The highest BCUT2D eigenvalue weighted by atomic mass is 16.2. The summed E-state index contributed by atoms with van der Waals surface area (Å²) in [4.78, 5) is 28.5. The lowest BCUT2D eigenvalue weighted by atomic mass is 10.1. The number of anilines is 1. The lowest BCUT2D eigenvalue weighted by Crippen LogP contribution is -2.37. The predicted octanol–water partition coefficient (Wildman–Crippen LogP) is 2.21. The fourth-order valence-corrected chi connectivity index (χ4v) is 4.11. The minimum atomic E-state index is -0.181. The molecule has 0 radical (unpaired) electrons. The van der Waals surface area contributed by atoms with E-state index < -0.39 is 0 Å². The summed E-state index contributed by atoms with van der Waals surface area (Å²) in [5.74, 6) is 0.448.